The molecule has 5 aromatic rings. The van der Waals surface area contributed by atoms with Gasteiger partial charge in [0.05, 0.1) is 34.3 Å². The van der Waals surface area contributed by atoms with Gasteiger partial charge in [0.2, 0.25) is 11.7 Å². The van der Waals surface area contributed by atoms with Crippen molar-refractivity contribution in [1.82, 2.24) is 19.3 Å². The van der Waals surface area contributed by atoms with E-state index in [4.69, 9.17) is 0 Å². The van der Waals surface area contributed by atoms with E-state index < -0.39 is 40.8 Å². The first kappa shape index (κ1) is 31.0. The van der Waals surface area contributed by atoms with Gasteiger partial charge in [-0.3, -0.25) is 9.59 Å². The summed E-state index contributed by atoms with van der Waals surface area (Å²) in [7, 11) is 3.33. The molecule has 0 bridgehead atoms. The molecule has 13 heteroatoms. The van der Waals surface area contributed by atoms with Crippen LogP contribution in [0.15, 0.2) is 61.1 Å². The molecule has 8 nitrogen and oxygen atoms in total. The van der Waals surface area contributed by atoms with Crippen LogP contribution in [0, 0.1) is 11.6 Å². The van der Waals surface area contributed by atoms with Crippen LogP contribution in [0.25, 0.3) is 27.7 Å². The summed E-state index contributed by atoms with van der Waals surface area (Å²) in [4.78, 5) is 32.1. The molecule has 46 heavy (non-hydrogen) atoms. The van der Waals surface area contributed by atoms with E-state index in [1.165, 1.54) is 33.6 Å². The maximum absolute atomic E-state index is 15.1. The SMILES string of the molecule is CCNC/C=C/C(=O)Nc1c(F)cc(C(=O)c2cc3c4c(cccn24)-c2c(C(F)(F)F)cc4c(ncn4C)c2N(C)CC3)cc1F. The van der Waals surface area contributed by atoms with Gasteiger partial charge in [0, 0.05) is 56.1 Å². The van der Waals surface area contributed by atoms with Gasteiger partial charge in [-0.15, -0.1) is 0 Å². The van der Waals surface area contributed by atoms with Gasteiger partial charge in [-0.2, -0.15) is 13.2 Å². The number of halogens is 5. The normalized spacial score (nSPS) is 13.3. The minimum atomic E-state index is -4.71. The zero-order chi connectivity index (χ0) is 32.9. The average Bonchev–Trinajstić information content (AvgIpc) is 3.57. The Morgan fingerprint density at radius 1 is 1.09 bits per heavy atom. The van der Waals surface area contributed by atoms with E-state index in [9.17, 15) is 22.8 Å². The van der Waals surface area contributed by atoms with Crippen LogP contribution >= 0.6 is 0 Å². The van der Waals surface area contributed by atoms with Crippen molar-refractivity contribution in [1.29, 1.82) is 0 Å². The first-order chi connectivity index (χ1) is 21.9. The zero-order valence-corrected chi connectivity index (χ0v) is 25.1. The smallest absolute Gasteiger partial charge is 0.372 e. The van der Waals surface area contributed by atoms with Gasteiger partial charge in [0.1, 0.15) is 22.8 Å². The number of pyridine rings is 1. The van der Waals surface area contributed by atoms with E-state index in [0.717, 1.165) is 24.3 Å². The Morgan fingerprint density at radius 3 is 2.52 bits per heavy atom. The minimum absolute atomic E-state index is 0.0207. The highest BCUT2D eigenvalue weighted by molar-refractivity contribution is 6.11. The Balaban J connectivity index is 1.47. The molecule has 1 amide bonds. The van der Waals surface area contributed by atoms with Crippen molar-refractivity contribution in [3.05, 3.63) is 95.1 Å². The quantitative estimate of drug-likeness (QED) is 0.0975. The van der Waals surface area contributed by atoms with Crippen molar-refractivity contribution >= 4 is 39.6 Å². The third-order valence-electron chi connectivity index (χ3n) is 8.10. The number of carbonyl (C=O) groups is 2. The first-order valence-corrected chi connectivity index (χ1v) is 14.5. The van der Waals surface area contributed by atoms with Crippen LogP contribution in [-0.2, 0) is 24.4 Å². The number of fused-ring (bicyclic) bond motifs is 4. The number of nitrogens with zero attached hydrogens (tertiary/aromatic N) is 4. The van der Waals surface area contributed by atoms with Crippen LogP contribution in [-0.4, -0.2) is 52.3 Å². The molecular weight excluding hydrogens is 607 g/mol. The second kappa shape index (κ2) is 11.7. The van der Waals surface area contributed by atoms with Crippen molar-refractivity contribution in [3.8, 4) is 11.1 Å². The second-order valence-electron chi connectivity index (χ2n) is 11.1. The number of rotatable bonds is 7. The Bertz CT molecular complexity index is 2040. The summed E-state index contributed by atoms with van der Waals surface area (Å²) in [6.07, 6.45) is 1.29. The van der Waals surface area contributed by atoms with Crippen LogP contribution < -0.4 is 15.5 Å². The highest BCUT2D eigenvalue weighted by Gasteiger charge is 2.39. The van der Waals surface area contributed by atoms with E-state index in [1.54, 1.807) is 31.1 Å². The lowest BCUT2D eigenvalue weighted by atomic mass is 9.92. The number of likely N-dealkylation sites (N-methyl/N-ethyl adjacent to an activating group) is 2. The van der Waals surface area contributed by atoms with Crippen molar-refractivity contribution in [2.75, 3.05) is 36.9 Å². The van der Waals surface area contributed by atoms with Crippen molar-refractivity contribution in [3.63, 3.8) is 0 Å². The van der Waals surface area contributed by atoms with Crippen LogP contribution in [0.5, 0.6) is 0 Å². The lowest BCUT2D eigenvalue weighted by Gasteiger charge is -2.28. The number of ketones is 1. The number of alkyl halides is 3. The Morgan fingerprint density at radius 2 is 1.83 bits per heavy atom. The summed E-state index contributed by atoms with van der Waals surface area (Å²) in [5, 5.41) is 5.13. The molecule has 0 atom stereocenters. The number of imidazole rings is 1. The lowest BCUT2D eigenvalue weighted by molar-refractivity contribution is -0.137. The Labute approximate surface area is 260 Å². The third kappa shape index (κ3) is 5.30. The number of aryl methyl sites for hydroxylation is 1. The molecule has 0 radical (unpaired) electrons. The number of hydrogen-bond acceptors (Lipinski definition) is 5. The molecule has 4 heterocycles. The number of aromatic nitrogens is 3. The molecule has 238 valence electrons. The second-order valence-corrected chi connectivity index (χ2v) is 11.1. The topological polar surface area (TPSA) is 83.7 Å². The van der Waals surface area contributed by atoms with Crippen LogP contribution in [0.3, 0.4) is 0 Å². The molecule has 0 aliphatic carbocycles. The predicted octanol–water partition coefficient (Wildman–Crippen LogP) is 6.12. The molecular formula is C33H29F5N6O2. The van der Waals surface area contributed by atoms with Gasteiger partial charge in [-0.05, 0) is 48.9 Å². The van der Waals surface area contributed by atoms with E-state index in [-0.39, 0.29) is 22.4 Å². The molecule has 1 aliphatic heterocycles. The Hall–Kier alpha value is -5.04. The minimum Gasteiger partial charge on any atom is -0.372 e. The number of carbonyl (C=O) groups excluding carboxylic acids is 2. The highest BCUT2D eigenvalue weighted by Crippen LogP contribution is 2.48. The summed E-state index contributed by atoms with van der Waals surface area (Å²) in [5.41, 5.74) is 0.349. The number of hydrogen-bond donors (Lipinski definition) is 2. The number of nitrogens with one attached hydrogen (secondary N) is 2. The molecule has 0 spiro atoms. The number of benzene rings is 2. The van der Waals surface area contributed by atoms with Gasteiger partial charge in [0.25, 0.3) is 0 Å². The molecule has 0 unspecified atom stereocenters. The third-order valence-corrected chi connectivity index (χ3v) is 8.10. The van der Waals surface area contributed by atoms with Crippen LogP contribution in [0.1, 0.15) is 34.1 Å². The fourth-order valence-corrected chi connectivity index (χ4v) is 5.95. The standard InChI is InChI=1S/C33H29F5N6O2/c1-4-39-10-5-8-26(45)41-28-22(34)13-19(14-23(28)35)32(46)25-15-18-9-12-42(2)31-27(20-7-6-11-44(25)30(18)20)21(33(36,37)38)16-24-29(31)40-17-43(24)3/h5-8,11,13-17,39H,4,9-10,12H2,1-3H3,(H,41,45)/b8-5+. The molecule has 2 N–H and O–H groups in total. The lowest BCUT2D eigenvalue weighted by Crippen LogP contribution is -2.24. The van der Waals surface area contributed by atoms with E-state index in [0.29, 0.717) is 53.9 Å². The molecule has 2 aromatic carbocycles. The van der Waals surface area contributed by atoms with Crippen molar-refractivity contribution < 1.29 is 31.5 Å². The molecule has 6 rings (SSSR count). The van der Waals surface area contributed by atoms with Gasteiger partial charge in [-0.25, -0.2) is 13.8 Å². The summed E-state index contributed by atoms with van der Waals surface area (Å²) in [6.45, 7) is 3.26. The number of anilines is 2. The number of amides is 1. The highest BCUT2D eigenvalue weighted by atomic mass is 19.4. The van der Waals surface area contributed by atoms with Gasteiger partial charge in [0.15, 0.2) is 0 Å². The maximum Gasteiger partial charge on any atom is 0.417 e. The van der Waals surface area contributed by atoms with E-state index >= 15 is 8.78 Å². The zero-order valence-electron chi connectivity index (χ0n) is 25.1. The average molecular weight is 637 g/mol. The van der Waals surface area contributed by atoms with E-state index in [2.05, 4.69) is 15.6 Å². The largest absolute Gasteiger partial charge is 0.417 e. The maximum atomic E-state index is 15.1. The van der Waals surface area contributed by atoms with Gasteiger partial charge >= 0.3 is 6.18 Å². The van der Waals surface area contributed by atoms with Crippen LogP contribution in [0.2, 0.25) is 0 Å². The fourth-order valence-electron chi connectivity index (χ4n) is 5.95. The summed E-state index contributed by atoms with van der Waals surface area (Å²) in [5.74, 6) is -3.80. The summed E-state index contributed by atoms with van der Waals surface area (Å²) in [6, 6.07) is 7.38. The van der Waals surface area contributed by atoms with Gasteiger partial charge < -0.3 is 24.5 Å². The monoisotopic (exact) mass is 636 g/mol. The van der Waals surface area contributed by atoms with Gasteiger partial charge in [-0.1, -0.05) is 19.1 Å². The Kier molecular flexibility index (Phi) is 7.88. The molecule has 3 aromatic heterocycles. The fraction of sp³-hybridized carbons (Fsp3) is 0.242. The van der Waals surface area contributed by atoms with E-state index in [1.807, 2.05) is 6.92 Å². The molecule has 0 saturated carbocycles. The summed E-state index contributed by atoms with van der Waals surface area (Å²) < 4.78 is 77.2. The predicted molar refractivity (Wildman–Crippen MR) is 165 cm³/mol. The first-order valence-electron chi connectivity index (χ1n) is 14.5. The summed E-state index contributed by atoms with van der Waals surface area (Å²) >= 11 is 0. The molecule has 0 saturated heterocycles. The molecule has 0 fully saturated rings. The van der Waals surface area contributed by atoms with Crippen LogP contribution in [0.4, 0.5) is 33.3 Å². The van der Waals surface area contributed by atoms with Crippen molar-refractivity contribution in [2.24, 2.45) is 7.05 Å². The van der Waals surface area contributed by atoms with Crippen molar-refractivity contribution in [2.45, 2.75) is 19.5 Å². The molecule has 1 aliphatic rings.